The number of para-hydroxylation sites is 2. The summed E-state index contributed by atoms with van der Waals surface area (Å²) in [5, 5.41) is 16.7. The second-order valence-corrected chi connectivity index (χ2v) is 9.67. The van der Waals surface area contributed by atoms with Gasteiger partial charge >= 0.3 is 6.09 Å². The van der Waals surface area contributed by atoms with Crippen LogP contribution < -0.4 is 21.1 Å². The lowest BCUT2D eigenvalue weighted by Crippen LogP contribution is -2.29. The highest BCUT2D eigenvalue weighted by molar-refractivity contribution is 6.01. The highest BCUT2D eigenvalue weighted by Crippen LogP contribution is 2.31. The molecule has 0 aromatic heterocycles. The molecule has 224 valence electrons. The second kappa shape index (κ2) is 16.0. The van der Waals surface area contributed by atoms with Gasteiger partial charge in [0.05, 0.1) is 29.8 Å². The number of nitrogens with one attached hydrogen (secondary N) is 2. The monoisotopic (exact) mass is 583 g/mol. The summed E-state index contributed by atoms with van der Waals surface area (Å²) in [6.45, 7) is 2.26. The number of nitrogen functional groups attached to an aromatic ring is 1. The molecule has 5 N–H and O–H groups in total. The number of aliphatic hydroxyl groups is 1. The molecule has 0 unspecified atom stereocenters. The Kier molecular flexibility index (Phi) is 11.5. The Morgan fingerprint density at radius 2 is 1.67 bits per heavy atom. The van der Waals surface area contributed by atoms with Crippen LogP contribution >= 0.6 is 0 Å². The number of carbonyl (C=O) groups excluding carboxylic acids is 2. The minimum absolute atomic E-state index is 0.129. The topological polar surface area (TPSA) is 132 Å². The summed E-state index contributed by atoms with van der Waals surface area (Å²) in [4.78, 5) is 25.7. The van der Waals surface area contributed by atoms with E-state index in [9.17, 15) is 14.7 Å². The number of carbonyl (C=O) groups is 2. The van der Waals surface area contributed by atoms with E-state index in [1.165, 1.54) is 6.08 Å². The normalized spacial score (nSPS) is 12.5. The predicted molar refractivity (Wildman–Crippen MR) is 169 cm³/mol. The lowest BCUT2D eigenvalue weighted by molar-refractivity contribution is -0.111. The van der Waals surface area contributed by atoms with Gasteiger partial charge < -0.3 is 30.4 Å². The average Bonchev–Trinajstić information content (AvgIpc) is 3.02. The molecule has 9 nitrogen and oxygen atoms in total. The largest absolute Gasteiger partial charge is 0.491 e. The molecular formula is C34H37N3O6. The van der Waals surface area contributed by atoms with Gasteiger partial charge in [0.2, 0.25) is 5.91 Å². The van der Waals surface area contributed by atoms with Gasteiger partial charge in [-0.25, -0.2) is 4.79 Å². The van der Waals surface area contributed by atoms with Gasteiger partial charge in [0.15, 0.2) is 6.10 Å². The molecule has 0 heterocycles. The minimum Gasteiger partial charge on any atom is -0.491 e. The van der Waals surface area contributed by atoms with Crippen LogP contribution in [0.3, 0.4) is 0 Å². The second-order valence-electron chi connectivity index (χ2n) is 9.67. The lowest BCUT2D eigenvalue weighted by Gasteiger charge is -2.27. The van der Waals surface area contributed by atoms with Gasteiger partial charge in [0, 0.05) is 12.0 Å². The van der Waals surface area contributed by atoms with Gasteiger partial charge in [-0.1, -0.05) is 66.7 Å². The molecule has 0 aliphatic rings. The van der Waals surface area contributed by atoms with Crippen LogP contribution in [0.1, 0.15) is 31.4 Å². The van der Waals surface area contributed by atoms with E-state index in [4.69, 9.17) is 19.9 Å². The molecule has 0 saturated heterocycles. The third-order valence-electron chi connectivity index (χ3n) is 6.63. The standard InChI is InChI=1S/C34H37N3O6/c1-2-41-31(19-7-8-20-32(39)36-30-17-6-5-16-28(30)35)33(25-13-9-14-26(23-25)42-22-21-38)43-34(40)37-29-18-10-12-24-11-3-4-15-27(24)29/h3-6,8-18,20,23,31,33,38H,2,7,19,21-22,35H2,1H3,(H,36,39)(H,37,40)/b20-8+/t31-,33-/m1/s1. The Labute approximate surface area is 251 Å². The molecule has 9 heteroatoms. The van der Waals surface area contributed by atoms with Crippen LogP contribution in [0.2, 0.25) is 0 Å². The first-order chi connectivity index (χ1) is 21.0. The van der Waals surface area contributed by atoms with Crippen molar-refractivity contribution >= 4 is 39.8 Å². The van der Waals surface area contributed by atoms with E-state index >= 15 is 0 Å². The van der Waals surface area contributed by atoms with Gasteiger partial charge in [-0.15, -0.1) is 0 Å². The molecule has 0 aliphatic carbocycles. The Balaban J connectivity index is 1.51. The van der Waals surface area contributed by atoms with Gasteiger partial charge in [0.25, 0.3) is 0 Å². The maximum atomic E-state index is 13.3. The lowest BCUT2D eigenvalue weighted by atomic mass is 10.00. The number of fused-ring (bicyclic) bond motifs is 1. The molecule has 2 amide bonds. The summed E-state index contributed by atoms with van der Waals surface area (Å²) < 4.78 is 17.7. The Morgan fingerprint density at radius 1 is 0.930 bits per heavy atom. The van der Waals surface area contributed by atoms with Gasteiger partial charge in [-0.05, 0) is 67.1 Å². The molecule has 43 heavy (non-hydrogen) atoms. The summed E-state index contributed by atoms with van der Waals surface area (Å²) in [6, 6.07) is 27.6. The molecule has 2 atom stereocenters. The number of nitrogens with two attached hydrogens (primary N) is 1. The van der Waals surface area contributed by atoms with Crippen molar-refractivity contribution in [1.29, 1.82) is 0 Å². The number of benzene rings is 4. The Bertz CT molecular complexity index is 1530. The zero-order valence-electron chi connectivity index (χ0n) is 24.1. The van der Waals surface area contributed by atoms with E-state index in [2.05, 4.69) is 10.6 Å². The SMILES string of the molecule is CCO[C@H](CC/C=C/C(=O)Nc1ccccc1N)[C@H](OC(=O)Nc1cccc2ccccc12)c1cccc(OCCO)c1. The first-order valence-corrected chi connectivity index (χ1v) is 14.2. The Hall–Kier alpha value is -4.86. The maximum Gasteiger partial charge on any atom is 0.412 e. The number of aliphatic hydroxyl groups excluding tert-OH is 1. The zero-order chi connectivity index (χ0) is 30.4. The van der Waals surface area contributed by atoms with Crippen LogP contribution in [0.5, 0.6) is 5.75 Å². The number of allylic oxidation sites excluding steroid dienone is 1. The molecule has 4 rings (SSSR count). The Morgan fingerprint density at radius 3 is 2.49 bits per heavy atom. The van der Waals surface area contributed by atoms with E-state index in [0.29, 0.717) is 47.8 Å². The van der Waals surface area contributed by atoms with E-state index < -0.39 is 18.3 Å². The fourth-order valence-corrected chi connectivity index (χ4v) is 4.66. The minimum atomic E-state index is -0.793. The number of amides is 2. The first-order valence-electron chi connectivity index (χ1n) is 14.2. The first kappa shape index (κ1) is 31.1. The third kappa shape index (κ3) is 9.06. The molecule has 4 aromatic carbocycles. The maximum absolute atomic E-state index is 13.3. The highest BCUT2D eigenvalue weighted by Gasteiger charge is 2.28. The van der Waals surface area contributed by atoms with Crippen LogP contribution in [-0.2, 0) is 14.3 Å². The van der Waals surface area contributed by atoms with Gasteiger partial charge in [-0.2, -0.15) is 0 Å². The molecule has 0 spiro atoms. The van der Waals surface area contributed by atoms with Crippen LogP contribution in [0, 0.1) is 0 Å². The van der Waals surface area contributed by atoms with Crippen LogP contribution in [0.25, 0.3) is 10.8 Å². The van der Waals surface area contributed by atoms with E-state index in [0.717, 1.165) is 10.8 Å². The summed E-state index contributed by atoms with van der Waals surface area (Å²) in [7, 11) is 0. The van der Waals surface area contributed by atoms with Crippen molar-refractivity contribution in [2.45, 2.75) is 32.0 Å². The number of hydrogen-bond acceptors (Lipinski definition) is 7. The molecular weight excluding hydrogens is 546 g/mol. The van der Waals surface area contributed by atoms with Crippen molar-refractivity contribution < 1.29 is 28.9 Å². The molecule has 0 fully saturated rings. The molecule has 0 aliphatic heterocycles. The summed E-state index contributed by atoms with van der Waals surface area (Å²) >= 11 is 0. The number of rotatable bonds is 14. The molecule has 0 radical (unpaired) electrons. The molecule has 0 bridgehead atoms. The third-order valence-corrected chi connectivity index (χ3v) is 6.63. The van der Waals surface area contributed by atoms with Gasteiger partial charge in [-0.3, -0.25) is 10.1 Å². The van der Waals surface area contributed by atoms with Crippen molar-refractivity contribution in [1.82, 2.24) is 0 Å². The smallest absolute Gasteiger partial charge is 0.412 e. The van der Waals surface area contributed by atoms with Crippen LogP contribution in [0.15, 0.2) is 103 Å². The fourth-order valence-electron chi connectivity index (χ4n) is 4.66. The summed E-state index contributed by atoms with van der Waals surface area (Å²) in [6.07, 6.45) is 2.17. The van der Waals surface area contributed by atoms with Crippen molar-refractivity contribution in [3.8, 4) is 5.75 Å². The fraction of sp³-hybridized carbons (Fsp3) is 0.235. The van der Waals surface area contributed by atoms with E-state index in [-0.39, 0.29) is 19.1 Å². The quantitative estimate of drug-likeness (QED) is 0.0989. The molecule has 0 saturated carbocycles. The number of hydrogen-bond donors (Lipinski definition) is 4. The average molecular weight is 584 g/mol. The highest BCUT2D eigenvalue weighted by atomic mass is 16.6. The van der Waals surface area contributed by atoms with Crippen molar-refractivity contribution in [3.63, 3.8) is 0 Å². The summed E-state index contributed by atoms with van der Waals surface area (Å²) in [5.74, 6) is 0.225. The predicted octanol–water partition coefficient (Wildman–Crippen LogP) is 6.46. The van der Waals surface area contributed by atoms with Crippen molar-refractivity contribution in [2.75, 3.05) is 36.2 Å². The zero-order valence-corrected chi connectivity index (χ0v) is 24.1. The van der Waals surface area contributed by atoms with Crippen molar-refractivity contribution in [3.05, 3.63) is 109 Å². The number of anilines is 3. The van der Waals surface area contributed by atoms with Gasteiger partial charge in [0.1, 0.15) is 12.4 Å². The van der Waals surface area contributed by atoms with E-state index in [1.807, 2.05) is 55.5 Å². The summed E-state index contributed by atoms with van der Waals surface area (Å²) in [5.41, 5.74) is 8.23. The molecule has 4 aromatic rings. The van der Waals surface area contributed by atoms with E-state index in [1.54, 1.807) is 48.5 Å². The van der Waals surface area contributed by atoms with Crippen LogP contribution in [0.4, 0.5) is 21.9 Å². The van der Waals surface area contributed by atoms with Crippen LogP contribution in [-0.4, -0.2) is 43.0 Å². The van der Waals surface area contributed by atoms with Crippen molar-refractivity contribution in [2.24, 2.45) is 0 Å². The number of ether oxygens (including phenoxy) is 3.